The van der Waals surface area contributed by atoms with Gasteiger partial charge in [0.15, 0.2) is 0 Å². The van der Waals surface area contributed by atoms with Gasteiger partial charge in [-0.3, -0.25) is 14.4 Å². The molecule has 0 saturated carbocycles. The van der Waals surface area contributed by atoms with Crippen molar-refractivity contribution in [3.8, 4) is 5.75 Å². The van der Waals surface area contributed by atoms with Crippen LogP contribution in [-0.4, -0.2) is 64.7 Å². The van der Waals surface area contributed by atoms with Crippen LogP contribution in [0.1, 0.15) is 45.6 Å². The fourth-order valence-electron chi connectivity index (χ4n) is 6.98. The number of amides is 3. The Labute approximate surface area is 235 Å². The van der Waals surface area contributed by atoms with Gasteiger partial charge >= 0.3 is 0 Å². The Morgan fingerprint density at radius 3 is 2.50 bits per heavy atom. The van der Waals surface area contributed by atoms with E-state index in [2.05, 4.69) is 10.6 Å². The van der Waals surface area contributed by atoms with E-state index in [1.165, 1.54) is 0 Å². The van der Waals surface area contributed by atoms with E-state index in [1.54, 1.807) is 29.2 Å². The van der Waals surface area contributed by atoms with Crippen LogP contribution in [0.25, 0.3) is 0 Å². The van der Waals surface area contributed by atoms with Crippen LogP contribution in [0.5, 0.6) is 5.75 Å². The molecule has 2 aromatic carbocycles. The SMILES string of the molecule is CCOc1ccc(NC(=O)[C@@H]2[C@H]3C(=O)N(CCCCO)C(C(=O)NCc4ccccc4)C34CC(C)[C@@]2(C)O4)cc1. The Morgan fingerprint density at radius 1 is 1.10 bits per heavy atom. The second-order valence-electron chi connectivity index (χ2n) is 11.3. The molecular weight excluding hydrogens is 510 g/mol. The first-order valence-electron chi connectivity index (χ1n) is 14.2. The predicted molar refractivity (Wildman–Crippen MR) is 149 cm³/mol. The van der Waals surface area contributed by atoms with Crippen LogP contribution in [0.4, 0.5) is 5.69 Å². The van der Waals surface area contributed by atoms with E-state index < -0.39 is 29.1 Å². The maximum Gasteiger partial charge on any atom is 0.246 e. The van der Waals surface area contributed by atoms with Crippen molar-refractivity contribution >= 4 is 23.4 Å². The van der Waals surface area contributed by atoms with Crippen LogP contribution in [0.15, 0.2) is 54.6 Å². The van der Waals surface area contributed by atoms with E-state index in [0.29, 0.717) is 50.4 Å². The van der Waals surface area contributed by atoms with Gasteiger partial charge in [-0.2, -0.15) is 0 Å². The van der Waals surface area contributed by atoms with Gasteiger partial charge in [-0.15, -0.1) is 0 Å². The predicted octanol–water partition coefficient (Wildman–Crippen LogP) is 3.12. The lowest BCUT2D eigenvalue weighted by Gasteiger charge is -2.36. The number of carbonyl (C=O) groups excluding carboxylic acids is 3. The number of nitrogens with zero attached hydrogens (tertiary/aromatic N) is 1. The van der Waals surface area contributed by atoms with E-state index in [0.717, 1.165) is 5.56 Å². The second kappa shape index (κ2) is 11.2. The topological polar surface area (TPSA) is 117 Å². The van der Waals surface area contributed by atoms with Gasteiger partial charge in [-0.05, 0) is 68.9 Å². The average Bonchev–Trinajstić information content (AvgIpc) is 3.46. The molecule has 2 aromatic rings. The zero-order chi connectivity index (χ0) is 28.5. The molecular formula is C31H39N3O6. The normalized spacial score (nSPS) is 30.3. The Balaban J connectivity index is 1.44. The minimum atomic E-state index is -1.11. The van der Waals surface area contributed by atoms with Crippen molar-refractivity contribution in [1.29, 1.82) is 0 Å². The molecule has 3 heterocycles. The first-order chi connectivity index (χ1) is 19.2. The summed E-state index contributed by atoms with van der Waals surface area (Å²) in [4.78, 5) is 43.4. The monoisotopic (exact) mass is 549 g/mol. The van der Waals surface area contributed by atoms with Gasteiger partial charge in [-0.1, -0.05) is 37.3 Å². The Kier molecular flexibility index (Phi) is 7.88. The molecule has 3 aliphatic rings. The first kappa shape index (κ1) is 28.1. The molecule has 214 valence electrons. The zero-order valence-corrected chi connectivity index (χ0v) is 23.4. The van der Waals surface area contributed by atoms with E-state index in [-0.39, 0.29) is 30.2 Å². The number of hydrogen-bond acceptors (Lipinski definition) is 6. The summed E-state index contributed by atoms with van der Waals surface area (Å²) in [5.74, 6) is -1.70. The van der Waals surface area contributed by atoms with Crippen LogP contribution in [0.2, 0.25) is 0 Å². The summed E-state index contributed by atoms with van der Waals surface area (Å²) in [6.07, 6.45) is 1.56. The molecule has 9 heteroatoms. The van der Waals surface area contributed by atoms with Crippen molar-refractivity contribution in [1.82, 2.24) is 10.2 Å². The van der Waals surface area contributed by atoms with Gasteiger partial charge in [0, 0.05) is 25.4 Å². The fourth-order valence-corrected chi connectivity index (χ4v) is 6.98. The van der Waals surface area contributed by atoms with Gasteiger partial charge < -0.3 is 30.1 Å². The quantitative estimate of drug-likeness (QED) is 0.371. The molecule has 3 aliphatic heterocycles. The number of nitrogens with one attached hydrogen (secondary N) is 2. The van der Waals surface area contributed by atoms with Crippen molar-refractivity contribution < 1.29 is 29.0 Å². The Morgan fingerprint density at radius 2 is 1.82 bits per heavy atom. The molecule has 1 spiro atoms. The van der Waals surface area contributed by atoms with Gasteiger partial charge in [0.05, 0.1) is 24.0 Å². The summed E-state index contributed by atoms with van der Waals surface area (Å²) in [6.45, 7) is 7.01. The molecule has 0 aromatic heterocycles. The standard InChI is InChI=1S/C31H39N3O6/c1-4-39-23-14-12-22(13-15-23)33-27(36)24-25-29(38)34(16-8-9-17-35)26(31(25)18-20(2)30(24,3)40-31)28(37)32-19-21-10-6-5-7-11-21/h5-7,10-15,20,24-26,35H,4,8-9,16-19H2,1-3H3,(H,32,37)(H,33,36)/t20?,24-,25-,26?,30+,31?/m0/s1. The molecule has 3 amide bonds. The minimum absolute atomic E-state index is 0.000193. The van der Waals surface area contributed by atoms with Crippen LogP contribution in [0, 0.1) is 17.8 Å². The lowest BCUT2D eigenvalue weighted by atomic mass is 9.62. The number of aliphatic hydroxyl groups excluding tert-OH is 1. The molecule has 0 radical (unpaired) electrons. The first-order valence-corrected chi connectivity index (χ1v) is 14.2. The minimum Gasteiger partial charge on any atom is -0.494 e. The Bertz CT molecular complexity index is 1240. The summed E-state index contributed by atoms with van der Waals surface area (Å²) in [7, 11) is 0. The van der Waals surface area contributed by atoms with Crippen molar-refractivity contribution in [2.45, 2.75) is 63.8 Å². The van der Waals surface area contributed by atoms with Gasteiger partial charge in [-0.25, -0.2) is 0 Å². The summed E-state index contributed by atoms with van der Waals surface area (Å²) in [5, 5.41) is 15.4. The van der Waals surface area contributed by atoms with Crippen molar-refractivity contribution in [2.24, 2.45) is 17.8 Å². The van der Waals surface area contributed by atoms with E-state index >= 15 is 0 Å². The summed E-state index contributed by atoms with van der Waals surface area (Å²) in [5.41, 5.74) is -0.453. The number of likely N-dealkylation sites (tertiary alicyclic amines) is 1. The van der Waals surface area contributed by atoms with Crippen molar-refractivity contribution in [3.05, 3.63) is 60.2 Å². The van der Waals surface area contributed by atoms with Crippen LogP contribution >= 0.6 is 0 Å². The average molecular weight is 550 g/mol. The van der Waals surface area contributed by atoms with Crippen molar-refractivity contribution in [2.75, 3.05) is 25.1 Å². The number of ether oxygens (including phenoxy) is 2. The smallest absolute Gasteiger partial charge is 0.246 e. The van der Waals surface area contributed by atoms with Gasteiger partial charge in [0.25, 0.3) is 0 Å². The number of aliphatic hydroxyl groups is 1. The lowest BCUT2D eigenvalue weighted by Crippen LogP contribution is -2.55. The number of unbranched alkanes of at least 4 members (excludes halogenated alkanes) is 1. The van der Waals surface area contributed by atoms with E-state index in [4.69, 9.17) is 9.47 Å². The second-order valence-corrected chi connectivity index (χ2v) is 11.3. The molecule has 3 N–H and O–H groups in total. The molecule has 6 atom stereocenters. The van der Waals surface area contributed by atoms with Crippen molar-refractivity contribution in [3.63, 3.8) is 0 Å². The molecule has 3 saturated heterocycles. The number of rotatable bonds is 11. The van der Waals surface area contributed by atoms with Crippen LogP contribution in [0.3, 0.4) is 0 Å². The maximum absolute atomic E-state index is 14.1. The number of anilines is 1. The third kappa shape index (κ3) is 4.75. The highest BCUT2D eigenvalue weighted by molar-refractivity contribution is 6.02. The fraction of sp³-hybridized carbons (Fsp3) is 0.516. The van der Waals surface area contributed by atoms with Crippen LogP contribution in [-0.2, 0) is 25.7 Å². The largest absolute Gasteiger partial charge is 0.494 e. The molecule has 3 unspecified atom stereocenters. The third-order valence-corrected chi connectivity index (χ3v) is 8.89. The summed E-state index contributed by atoms with van der Waals surface area (Å²) >= 11 is 0. The molecule has 2 bridgehead atoms. The third-order valence-electron chi connectivity index (χ3n) is 8.89. The molecule has 0 aliphatic carbocycles. The van der Waals surface area contributed by atoms with E-state index in [1.807, 2.05) is 51.1 Å². The molecule has 5 rings (SSSR count). The highest BCUT2D eigenvalue weighted by Gasteiger charge is 2.79. The number of fused-ring (bicyclic) bond motifs is 1. The highest BCUT2D eigenvalue weighted by atomic mass is 16.5. The zero-order valence-electron chi connectivity index (χ0n) is 23.4. The van der Waals surface area contributed by atoms with E-state index in [9.17, 15) is 19.5 Å². The van der Waals surface area contributed by atoms with Gasteiger partial charge in [0.1, 0.15) is 17.4 Å². The number of hydrogen-bond donors (Lipinski definition) is 3. The van der Waals surface area contributed by atoms with Gasteiger partial charge in [0.2, 0.25) is 17.7 Å². The molecule has 3 fully saturated rings. The summed E-state index contributed by atoms with van der Waals surface area (Å²) in [6, 6.07) is 15.9. The molecule has 40 heavy (non-hydrogen) atoms. The summed E-state index contributed by atoms with van der Waals surface area (Å²) < 4.78 is 12.2. The lowest BCUT2D eigenvalue weighted by molar-refractivity contribution is -0.146. The number of benzene rings is 2. The Hall–Kier alpha value is -3.43. The number of carbonyl (C=O) groups is 3. The maximum atomic E-state index is 14.1. The highest BCUT2D eigenvalue weighted by Crippen LogP contribution is 2.65. The molecule has 9 nitrogen and oxygen atoms in total. The van der Waals surface area contributed by atoms with Crippen LogP contribution < -0.4 is 15.4 Å².